The van der Waals surface area contributed by atoms with Gasteiger partial charge in [0, 0.05) is 17.5 Å². The van der Waals surface area contributed by atoms with Crippen molar-refractivity contribution in [2.45, 2.75) is 37.8 Å². The van der Waals surface area contributed by atoms with E-state index in [1.807, 2.05) is 30.5 Å². The number of aryl methyl sites for hydroxylation is 1. The number of hydrogen-bond acceptors (Lipinski definition) is 4. The molecule has 6 heteroatoms. The first-order chi connectivity index (χ1) is 9.92. The Kier molecular flexibility index (Phi) is 5.16. The fourth-order valence-electron chi connectivity index (χ4n) is 2.16. The Morgan fingerprint density at radius 3 is 2.71 bits per heavy atom. The highest BCUT2D eigenvalue weighted by Gasteiger charge is 2.20. The molecule has 0 aliphatic heterocycles. The molecule has 2 rings (SSSR count). The molecule has 3 N–H and O–H groups in total. The number of thiophene rings is 1. The van der Waals surface area contributed by atoms with Gasteiger partial charge in [-0.2, -0.15) is 0 Å². The molecule has 4 nitrogen and oxygen atoms in total. The molecule has 0 bridgehead atoms. The highest BCUT2D eigenvalue weighted by Crippen LogP contribution is 2.18. The van der Waals surface area contributed by atoms with Gasteiger partial charge < -0.3 is 5.73 Å². The normalized spacial score (nSPS) is 13.3. The van der Waals surface area contributed by atoms with Crippen LogP contribution < -0.4 is 10.5 Å². The van der Waals surface area contributed by atoms with E-state index in [4.69, 9.17) is 5.73 Å². The van der Waals surface area contributed by atoms with E-state index in [-0.39, 0.29) is 6.04 Å². The van der Waals surface area contributed by atoms with Crippen LogP contribution in [0.3, 0.4) is 0 Å². The van der Waals surface area contributed by atoms with Gasteiger partial charge in [-0.3, -0.25) is 0 Å². The van der Waals surface area contributed by atoms with E-state index >= 15 is 0 Å². The van der Waals surface area contributed by atoms with Gasteiger partial charge in [0.25, 0.3) is 0 Å². The van der Waals surface area contributed by atoms with Crippen LogP contribution in [0.1, 0.15) is 22.9 Å². The fourth-order valence-corrected chi connectivity index (χ4v) is 4.54. The summed E-state index contributed by atoms with van der Waals surface area (Å²) in [5.74, 6) is 0. The highest BCUT2D eigenvalue weighted by molar-refractivity contribution is 7.89. The standard InChI is InChI=1S/C15H20N2O2S2/c1-11-5-6-13(10-16)9-15(11)21(18,19)17-12(2)8-14-4-3-7-20-14/h3-7,9,12,17H,8,10,16H2,1-2H3. The van der Waals surface area contributed by atoms with Crippen molar-refractivity contribution in [3.8, 4) is 0 Å². The van der Waals surface area contributed by atoms with Crippen molar-refractivity contribution in [1.29, 1.82) is 0 Å². The zero-order valence-corrected chi connectivity index (χ0v) is 13.8. The van der Waals surface area contributed by atoms with Crippen molar-refractivity contribution in [1.82, 2.24) is 4.72 Å². The van der Waals surface area contributed by atoms with E-state index in [9.17, 15) is 8.42 Å². The van der Waals surface area contributed by atoms with Crippen LogP contribution in [0.25, 0.3) is 0 Å². The first-order valence-corrected chi connectivity index (χ1v) is 9.13. The zero-order valence-electron chi connectivity index (χ0n) is 12.2. The third-order valence-corrected chi connectivity index (χ3v) is 5.85. The van der Waals surface area contributed by atoms with Crippen LogP contribution in [0, 0.1) is 6.92 Å². The lowest BCUT2D eigenvalue weighted by atomic mass is 10.1. The molecule has 0 saturated heterocycles. The summed E-state index contributed by atoms with van der Waals surface area (Å²) >= 11 is 1.63. The number of rotatable bonds is 6. The Labute approximate surface area is 130 Å². The Morgan fingerprint density at radius 2 is 2.10 bits per heavy atom. The second-order valence-electron chi connectivity index (χ2n) is 5.11. The zero-order chi connectivity index (χ0) is 15.5. The minimum atomic E-state index is -3.53. The molecule has 2 aromatic rings. The Balaban J connectivity index is 2.18. The molecular formula is C15H20N2O2S2. The second-order valence-corrected chi connectivity index (χ2v) is 7.82. The summed E-state index contributed by atoms with van der Waals surface area (Å²) in [4.78, 5) is 1.47. The lowest BCUT2D eigenvalue weighted by molar-refractivity contribution is 0.560. The minimum Gasteiger partial charge on any atom is -0.326 e. The third-order valence-electron chi connectivity index (χ3n) is 3.22. The van der Waals surface area contributed by atoms with E-state index in [2.05, 4.69) is 4.72 Å². The molecule has 0 aliphatic carbocycles. The van der Waals surface area contributed by atoms with Gasteiger partial charge in [0.2, 0.25) is 10.0 Å². The maximum atomic E-state index is 12.5. The van der Waals surface area contributed by atoms with Crippen molar-refractivity contribution in [3.63, 3.8) is 0 Å². The summed E-state index contributed by atoms with van der Waals surface area (Å²) in [7, 11) is -3.53. The van der Waals surface area contributed by atoms with Gasteiger partial charge in [0.1, 0.15) is 0 Å². The molecule has 21 heavy (non-hydrogen) atoms. The van der Waals surface area contributed by atoms with Gasteiger partial charge in [-0.15, -0.1) is 11.3 Å². The lowest BCUT2D eigenvalue weighted by Gasteiger charge is -2.15. The Bertz CT molecular complexity index is 694. The average Bonchev–Trinajstić information content (AvgIpc) is 2.91. The first kappa shape index (κ1) is 16.2. The van der Waals surface area contributed by atoms with Crippen molar-refractivity contribution >= 4 is 21.4 Å². The summed E-state index contributed by atoms with van der Waals surface area (Å²) in [6.45, 7) is 3.99. The van der Waals surface area contributed by atoms with E-state index in [0.29, 0.717) is 17.9 Å². The van der Waals surface area contributed by atoms with Gasteiger partial charge in [-0.25, -0.2) is 13.1 Å². The van der Waals surface area contributed by atoms with Crippen molar-refractivity contribution in [3.05, 3.63) is 51.7 Å². The topological polar surface area (TPSA) is 72.2 Å². The van der Waals surface area contributed by atoms with Crippen molar-refractivity contribution < 1.29 is 8.42 Å². The molecule has 1 unspecified atom stereocenters. The summed E-state index contributed by atoms with van der Waals surface area (Å²) in [6.07, 6.45) is 0.687. The summed E-state index contributed by atoms with van der Waals surface area (Å²) in [5.41, 5.74) is 7.13. The van der Waals surface area contributed by atoms with Crippen molar-refractivity contribution in [2.75, 3.05) is 0 Å². The molecule has 0 spiro atoms. The molecule has 0 saturated carbocycles. The van der Waals surface area contributed by atoms with Crippen LogP contribution >= 0.6 is 11.3 Å². The third kappa shape index (κ3) is 4.14. The molecule has 114 valence electrons. The Hall–Kier alpha value is -1.21. The molecular weight excluding hydrogens is 304 g/mol. The second kappa shape index (κ2) is 6.70. The largest absolute Gasteiger partial charge is 0.326 e. The van der Waals surface area contributed by atoms with Crippen LogP contribution in [-0.2, 0) is 23.0 Å². The van der Waals surface area contributed by atoms with Gasteiger partial charge in [-0.05, 0) is 48.9 Å². The van der Waals surface area contributed by atoms with E-state index in [1.54, 1.807) is 30.4 Å². The van der Waals surface area contributed by atoms with Gasteiger partial charge in [0.15, 0.2) is 0 Å². The molecule has 0 fully saturated rings. The van der Waals surface area contributed by atoms with Crippen LogP contribution in [0.2, 0.25) is 0 Å². The maximum absolute atomic E-state index is 12.5. The fraction of sp³-hybridized carbons (Fsp3) is 0.333. The molecule has 0 amide bonds. The van der Waals surface area contributed by atoms with E-state index < -0.39 is 10.0 Å². The van der Waals surface area contributed by atoms with Gasteiger partial charge >= 0.3 is 0 Å². The van der Waals surface area contributed by atoms with Crippen molar-refractivity contribution in [2.24, 2.45) is 5.73 Å². The van der Waals surface area contributed by atoms with Gasteiger partial charge in [-0.1, -0.05) is 18.2 Å². The Morgan fingerprint density at radius 1 is 1.33 bits per heavy atom. The predicted molar refractivity (Wildman–Crippen MR) is 86.9 cm³/mol. The predicted octanol–water partition coefficient (Wildman–Crippen LogP) is 2.42. The number of nitrogens with two attached hydrogens (primary N) is 1. The number of sulfonamides is 1. The summed E-state index contributed by atoms with van der Waals surface area (Å²) < 4.78 is 27.8. The smallest absolute Gasteiger partial charge is 0.241 e. The summed E-state index contributed by atoms with van der Waals surface area (Å²) in [6, 6.07) is 9.11. The van der Waals surface area contributed by atoms with Crippen LogP contribution in [0.15, 0.2) is 40.6 Å². The highest BCUT2D eigenvalue weighted by atomic mass is 32.2. The molecule has 0 aliphatic rings. The molecule has 1 aromatic carbocycles. The van der Waals surface area contributed by atoms with E-state index in [0.717, 1.165) is 16.0 Å². The average molecular weight is 324 g/mol. The van der Waals surface area contributed by atoms with Crippen LogP contribution in [0.5, 0.6) is 0 Å². The molecule has 1 atom stereocenters. The van der Waals surface area contributed by atoms with Gasteiger partial charge in [0.05, 0.1) is 4.90 Å². The monoisotopic (exact) mass is 324 g/mol. The summed E-state index contributed by atoms with van der Waals surface area (Å²) in [5, 5.41) is 1.99. The van der Waals surface area contributed by atoms with Crippen LogP contribution in [-0.4, -0.2) is 14.5 Å². The number of benzene rings is 1. The van der Waals surface area contributed by atoms with Crippen LogP contribution in [0.4, 0.5) is 0 Å². The number of hydrogen-bond donors (Lipinski definition) is 2. The SMILES string of the molecule is Cc1ccc(CN)cc1S(=O)(=O)NC(C)Cc1cccs1. The maximum Gasteiger partial charge on any atom is 0.241 e. The molecule has 0 radical (unpaired) electrons. The minimum absolute atomic E-state index is 0.158. The molecule has 1 heterocycles. The lowest BCUT2D eigenvalue weighted by Crippen LogP contribution is -2.34. The quantitative estimate of drug-likeness (QED) is 0.857. The van der Waals surface area contributed by atoms with E-state index in [1.165, 1.54) is 0 Å². The first-order valence-electron chi connectivity index (χ1n) is 6.76. The number of nitrogens with one attached hydrogen (secondary N) is 1. The molecule has 1 aromatic heterocycles.